The van der Waals surface area contributed by atoms with Gasteiger partial charge in [0.25, 0.3) is 0 Å². The SMILES string of the molecule is CN=C(NCCOCCC(C)C)NCc1coc(-c2ccc(C)cc2)n1.I. The summed E-state index contributed by atoms with van der Waals surface area (Å²) in [7, 11) is 1.75. The van der Waals surface area contributed by atoms with Gasteiger partial charge in [-0.15, -0.1) is 24.0 Å². The summed E-state index contributed by atoms with van der Waals surface area (Å²) >= 11 is 0. The molecular weight excluding hydrogens is 455 g/mol. The monoisotopic (exact) mass is 486 g/mol. The Bertz CT molecular complexity index is 684. The van der Waals surface area contributed by atoms with Crippen LogP contribution >= 0.6 is 24.0 Å². The van der Waals surface area contributed by atoms with Crippen molar-refractivity contribution < 1.29 is 9.15 Å². The Morgan fingerprint density at radius 2 is 1.93 bits per heavy atom. The van der Waals surface area contributed by atoms with Crippen molar-refractivity contribution in [1.29, 1.82) is 0 Å². The van der Waals surface area contributed by atoms with Crippen molar-refractivity contribution in [1.82, 2.24) is 15.6 Å². The number of nitrogens with one attached hydrogen (secondary N) is 2. The van der Waals surface area contributed by atoms with Gasteiger partial charge in [0.2, 0.25) is 5.89 Å². The predicted octanol–water partition coefficient (Wildman–Crippen LogP) is 4.00. The van der Waals surface area contributed by atoms with Crippen LogP contribution in [0.15, 0.2) is 39.9 Å². The number of aliphatic imine (C=N–C) groups is 1. The van der Waals surface area contributed by atoms with E-state index in [4.69, 9.17) is 9.15 Å². The molecule has 2 aromatic rings. The number of hydrogen-bond acceptors (Lipinski definition) is 4. The number of benzene rings is 1. The van der Waals surface area contributed by atoms with E-state index in [1.165, 1.54) is 5.56 Å². The van der Waals surface area contributed by atoms with Crippen molar-refractivity contribution in [3.8, 4) is 11.5 Å². The Morgan fingerprint density at radius 3 is 2.59 bits per heavy atom. The zero-order valence-electron chi connectivity index (χ0n) is 16.6. The van der Waals surface area contributed by atoms with Crippen molar-refractivity contribution in [3.63, 3.8) is 0 Å². The normalized spacial score (nSPS) is 11.4. The molecule has 0 aliphatic heterocycles. The van der Waals surface area contributed by atoms with Crippen LogP contribution < -0.4 is 10.6 Å². The first-order chi connectivity index (χ1) is 12.6. The maximum atomic E-state index is 5.59. The van der Waals surface area contributed by atoms with E-state index >= 15 is 0 Å². The molecule has 27 heavy (non-hydrogen) atoms. The maximum Gasteiger partial charge on any atom is 0.226 e. The fourth-order valence-electron chi connectivity index (χ4n) is 2.27. The van der Waals surface area contributed by atoms with Crippen LogP contribution in [-0.4, -0.2) is 37.7 Å². The molecule has 0 saturated heterocycles. The molecule has 6 nitrogen and oxygen atoms in total. The lowest BCUT2D eigenvalue weighted by atomic mass is 10.1. The lowest BCUT2D eigenvalue weighted by molar-refractivity contribution is 0.128. The molecular formula is C20H31IN4O2. The highest BCUT2D eigenvalue weighted by atomic mass is 127. The molecule has 2 rings (SSSR count). The Hall–Kier alpha value is -1.61. The average Bonchev–Trinajstić information content (AvgIpc) is 3.10. The number of aromatic nitrogens is 1. The largest absolute Gasteiger partial charge is 0.444 e. The van der Waals surface area contributed by atoms with Gasteiger partial charge in [-0.3, -0.25) is 4.99 Å². The van der Waals surface area contributed by atoms with E-state index in [1.807, 2.05) is 24.3 Å². The van der Waals surface area contributed by atoms with Crippen LogP contribution in [0.25, 0.3) is 11.5 Å². The molecule has 0 atom stereocenters. The first-order valence-corrected chi connectivity index (χ1v) is 9.12. The molecule has 2 N–H and O–H groups in total. The van der Waals surface area contributed by atoms with Gasteiger partial charge in [0.05, 0.1) is 18.8 Å². The number of rotatable bonds is 9. The second kappa shape index (κ2) is 12.7. The zero-order chi connectivity index (χ0) is 18.8. The highest BCUT2D eigenvalue weighted by molar-refractivity contribution is 14.0. The summed E-state index contributed by atoms with van der Waals surface area (Å²) in [6.45, 7) is 9.17. The number of hydrogen-bond donors (Lipinski definition) is 2. The minimum absolute atomic E-state index is 0. The smallest absolute Gasteiger partial charge is 0.226 e. The van der Waals surface area contributed by atoms with E-state index in [9.17, 15) is 0 Å². The molecule has 7 heteroatoms. The fraction of sp³-hybridized carbons (Fsp3) is 0.500. The van der Waals surface area contributed by atoms with Crippen LogP contribution in [0, 0.1) is 12.8 Å². The number of aryl methyl sites for hydroxylation is 1. The highest BCUT2D eigenvalue weighted by Gasteiger charge is 2.07. The summed E-state index contributed by atoms with van der Waals surface area (Å²) in [4.78, 5) is 8.72. The summed E-state index contributed by atoms with van der Waals surface area (Å²) < 4.78 is 11.2. The summed E-state index contributed by atoms with van der Waals surface area (Å²) in [5.74, 6) is 2.02. The molecule has 0 aliphatic rings. The minimum Gasteiger partial charge on any atom is -0.444 e. The van der Waals surface area contributed by atoms with Gasteiger partial charge in [-0.25, -0.2) is 4.98 Å². The van der Waals surface area contributed by atoms with Gasteiger partial charge in [0, 0.05) is 25.8 Å². The van der Waals surface area contributed by atoms with Crippen LogP contribution in [0.5, 0.6) is 0 Å². The first-order valence-electron chi connectivity index (χ1n) is 9.12. The number of nitrogens with zero attached hydrogens (tertiary/aromatic N) is 2. The van der Waals surface area contributed by atoms with Gasteiger partial charge in [-0.2, -0.15) is 0 Å². The third-order valence-corrected chi connectivity index (χ3v) is 3.89. The molecule has 0 amide bonds. The molecule has 0 fully saturated rings. The molecule has 0 spiro atoms. The van der Waals surface area contributed by atoms with Crippen LogP contribution in [0.3, 0.4) is 0 Å². The molecule has 0 radical (unpaired) electrons. The van der Waals surface area contributed by atoms with Crippen molar-refractivity contribution in [2.75, 3.05) is 26.8 Å². The van der Waals surface area contributed by atoms with Gasteiger partial charge >= 0.3 is 0 Å². The Balaban J connectivity index is 0.00000364. The Labute approximate surface area is 179 Å². The number of guanidine groups is 1. The second-order valence-electron chi connectivity index (χ2n) is 6.66. The fourth-order valence-corrected chi connectivity index (χ4v) is 2.27. The van der Waals surface area contributed by atoms with E-state index < -0.39 is 0 Å². The standard InChI is InChI=1S/C20H30N4O2.HI/c1-15(2)9-11-25-12-10-22-20(21-4)23-13-18-14-26-19(24-18)17-7-5-16(3)6-8-17;/h5-8,14-15H,9-13H2,1-4H3,(H2,21,22,23);1H. The Kier molecular flexibility index (Phi) is 11.0. The van der Waals surface area contributed by atoms with Crippen molar-refractivity contribution in [2.45, 2.75) is 33.7 Å². The van der Waals surface area contributed by atoms with Crippen LogP contribution in [0.2, 0.25) is 0 Å². The van der Waals surface area contributed by atoms with Gasteiger partial charge in [-0.1, -0.05) is 31.5 Å². The summed E-state index contributed by atoms with van der Waals surface area (Å²) in [5, 5.41) is 6.46. The van der Waals surface area contributed by atoms with E-state index in [-0.39, 0.29) is 24.0 Å². The van der Waals surface area contributed by atoms with E-state index in [2.05, 4.69) is 41.4 Å². The maximum absolute atomic E-state index is 5.59. The highest BCUT2D eigenvalue weighted by Crippen LogP contribution is 2.18. The van der Waals surface area contributed by atoms with Crippen molar-refractivity contribution >= 4 is 29.9 Å². The molecule has 0 saturated carbocycles. The zero-order valence-corrected chi connectivity index (χ0v) is 18.9. The van der Waals surface area contributed by atoms with Crippen molar-refractivity contribution in [2.24, 2.45) is 10.9 Å². The van der Waals surface area contributed by atoms with E-state index in [1.54, 1.807) is 13.3 Å². The van der Waals surface area contributed by atoms with Gasteiger partial charge in [0.15, 0.2) is 5.96 Å². The molecule has 1 heterocycles. The molecule has 150 valence electrons. The van der Waals surface area contributed by atoms with E-state index in [0.717, 1.165) is 30.2 Å². The van der Waals surface area contributed by atoms with Crippen LogP contribution in [-0.2, 0) is 11.3 Å². The van der Waals surface area contributed by atoms with Gasteiger partial charge in [0.1, 0.15) is 6.26 Å². The van der Waals surface area contributed by atoms with E-state index in [0.29, 0.717) is 31.5 Å². The predicted molar refractivity (Wildman–Crippen MR) is 121 cm³/mol. The number of oxazole rings is 1. The summed E-state index contributed by atoms with van der Waals surface area (Å²) in [6, 6.07) is 8.12. The average molecular weight is 486 g/mol. The first kappa shape index (κ1) is 23.4. The molecule has 0 bridgehead atoms. The van der Waals surface area contributed by atoms with Crippen LogP contribution in [0.1, 0.15) is 31.5 Å². The lowest BCUT2D eigenvalue weighted by Gasteiger charge is -2.11. The van der Waals surface area contributed by atoms with Gasteiger partial charge in [-0.05, 0) is 31.4 Å². The lowest BCUT2D eigenvalue weighted by Crippen LogP contribution is -2.38. The summed E-state index contributed by atoms with van der Waals surface area (Å²) in [6.07, 6.45) is 2.76. The van der Waals surface area contributed by atoms with Gasteiger partial charge < -0.3 is 19.8 Å². The number of ether oxygens (including phenoxy) is 1. The topological polar surface area (TPSA) is 71.7 Å². The summed E-state index contributed by atoms with van der Waals surface area (Å²) in [5.41, 5.74) is 3.02. The molecule has 0 aliphatic carbocycles. The van der Waals surface area contributed by atoms with Crippen LogP contribution in [0.4, 0.5) is 0 Å². The third kappa shape index (κ3) is 8.75. The Morgan fingerprint density at radius 1 is 1.19 bits per heavy atom. The molecule has 0 unspecified atom stereocenters. The third-order valence-electron chi connectivity index (χ3n) is 3.89. The minimum atomic E-state index is 0. The van der Waals surface area contributed by atoms with Crippen molar-refractivity contribution in [3.05, 3.63) is 41.8 Å². The molecule has 1 aromatic heterocycles. The molecule has 1 aromatic carbocycles. The second-order valence-corrected chi connectivity index (χ2v) is 6.66. The number of halogens is 1. The quantitative estimate of drug-likeness (QED) is 0.243.